The summed E-state index contributed by atoms with van der Waals surface area (Å²) in [6.45, 7) is 6.30. The fraction of sp³-hybridized carbons (Fsp3) is 0.615. The van der Waals surface area contributed by atoms with Gasteiger partial charge in [-0.05, 0) is 27.2 Å². The van der Waals surface area contributed by atoms with Gasteiger partial charge in [0.05, 0.1) is 6.54 Å². The number of ether oxygens (including phenoxy) is 1. The van der Waals surface area contributed by atoms with Crippen molar-refractivity contribution in [2.45, 2.75) is 45.4 Å². The van der Waals surface area contributed by atoms with Crippen molar-refractivity contribution in [2.24, 2.45) is 0 Å². The van der Waals surface area contributed by atoms with Crippen molar-refractivity contribution < 1.29 is 14.3 Å². The largest absolute Gasteiger partial charge is 0.444 e. The summed E-state index contributed by atoms with van der Waals surface area (Å²) in [7, 11) is 0. The lowest BCUT2D eigenvalue weighted by Gasteiger charge is -2.40. The van der Waals surface area contributed by atoms with E-state index in [1.807, 2.05) is 0 Å². The first kappa shape index (κ1) is 16.0. The van der Waals surface area contributed by atoms with Crippen molar-refractivity contribution >= 4 is 34.9 Å². The van der Waals surface area contributed by atoms with Gasteiger partial charge in [0.15, 0.2) is 4.47 Å². The van der Waals surface area contributed by atoms with Gasteiger partial charge in [0, 0.05) is 17.6 Å². The first-order chi connectivity index (χ1) is 9.76. The summed E-state index contributed by atoms with van der Waals surface area (Å²) in [5.41, 5.74) is -0.562. The van der Waals surface area contributed by atoms with Crippen LogP contribution in [0.2, 0.25) is 4.47 Å². The number of thiazole rings is 1. The Morgan fingerprint density at radius 1 is 1.57 bits per heavy atom. The normalized spacial score (nSPS) is 18.1. The summed E-state index contributed by atoms with van der Waals surface area (Å²) in [6.07, 6.45) is 1.82. The van der Waals surface area contributed by atoms with Crippen LogP contribution in [0.5, 0.6) is 0 Å². The lowest BCUT2D eigenvalue weighted by Crippen LogP contribution is -2.59. The van der Waals surface area contributed by atoms with Gasteiger partial charge in [0.25, 0.3) is 0 Å². The second-order valence-corrected chi connectivity index (χ2v) is 7.47. The van der Waals surface area contributed by atoms with E-state index in [-0.39, 0.29) is 5.91 Å². The predicted octanol–water partition coefficient (Wildman–Crippen LogP) is 2.42. The number of carbonyl (C=O) groups excluding carboxylic acids is 2. The van der Waals surface area contributed by atoms with E-state index < -0.39 is 17.7 Å². The average molecular weight is 332 g/mol. The van der Waals surface area contributed by atoms with Gasteiger partial charge in [-0.3, -0.25) is 9.69 Å². The molecule has 0 bridgehead atoms. The second kappa shape index (κ2) is 6.19. The molecule has 0 saturated carbocycles. The minimum atomic E-state index is -0.562. The number of aromatic nitrogens is 1. The molecule has 1 aliphatic heterocycles. The minimum absolute atomic E-state index is 0.184. The zero-order valence-corrected chi connectivity index (χ0v) is 13.8. The maximum atomic E-state index is 12.1. The second-order valence-electron chi connectivity index (χ2n) is 5.78. The molecule has 0 spiro atoms. The standard InChI is InChI=1S/C13H18ClN3O3S/c1-13(2,3)20-12(19)17-5-4-9(17)10(18)15-6-8-7-16-11(14)21-8/h7,9H,4-6H2,1-3H3,(H,15,18)/t9-/m1/s1. The van der Waals surface area contributed by atoms with E-state index in [0.717, 1.165) is 4.88 Å². The third-order valence-electron chi connectivity index (χ3n) is 2.91. The van der Waals surface area contributed by atoms with Crippen molar-refractivity contribution in [1.29, 1.82) is 0 Å². The number of nitrogens with zero attached hydrogens (tertiary/aromatic N) is 2. The molecule has 21 heavy (non-hydrogen) atoms. The molecule has 1 saturated heterocycles. The molecule has 0 unspecified atom stereocenters. The first-order valence-electron chi connectivity index (χ1n) is 6.64. The van der Waals surface area contributed by atoms with Gasteiger partial charge in [-0.2, -0.15) is 0 Å². The third kappa shape index (κ3) is 4.31. The van der Waals surface area contributed by atoms with Crippen molar-refractivity contribution in [3.05, 3.63) is 15.5 Å². The maximum Gasteiger partial charge on any atom is 0.410 e. The number of likely N-dealkylation sites (tertiary alicyclic amines) is 1. The van der Waals surface area contributed by atoms with Crippen LogP contribution >= 0.6 is 22.9 Å². The van der Waals surface area contributed by atoms with Gasteiger partial charge < -0.3 is 10.1 Å². The van der Waals surface area contributed by atoms with Crippen LogP contribution in [0.25, 0.3) is 0 Å². The molecule has 2 heterocycles. The maximum absolute atomic E-state index is 12.1. The van der Waals surface area contributed by atoms with Gasteiger partial charge in [0.2, 0.25) is 5.91 Å². The number of amides is 2. The molecular formula is C13H18ClN3O3S. The van der Waals surface area contributed by atoms with Crippen LogP contribution in [-0.4, -0.2) is 40.1 Å². The van der Waals surface area contributed by atoms with Crippen molar-refractivity contribution in [3.8, 4) is 0 Å². The number of nitrogens with one attached hydrogen (secondary N) is 1. The number of carbonyl (C=O) groups is 2. The van der Waals surface area contributed by atoms with E-state index >= 15 is 0 Å². The first-order valence-corrected chi connectivity index (χ1v) is 7.83. The van der Waals surface area contributed by atoms with E-state index in [9.17, 15) is 9.59 Å². The Labute approximate surface area is 132 Å². The molecule has 1 N–H and O–H groups in total. The van der Waals surface area contributed by atoms with Crippen molar-refractivity contribution in [3.63, 3.8) is 0 Å². The van der Waals surface area contributed by atoms with Gasteiger partial charge >= 0.3 is 6.09 Å². The lowest BCUT2D eigenvalue weighted by atomic mass is 10.0. The van der Waals surface area contributed by atoms with Gasteiger partial charge in [-0.25, -0.2) is 9.78 Å². The molecule has 1 aromatic rings. The fourth-order valence-electron chi connectivity index (χ4n) is 1.86. The zero-order valence-electron chi connectivity index (χ0n) is 12.2. The summed E-state index contributed by atoms with van der Waals surface area (Å²) in [5, 5.41) is 2.79. The molecular weight excluding hydrogens is 314 g/mol. The molecule has 0 aliphatic carbocycles. The van der Waals surface area contributed by atoms with Crippen molar-refractivity contribution in [2.75, 3.05) is 6.54 Å². The molecule has 0 aromatic carbocycles. The van der Waals surface area contributed by atoms with Gasteiger partial charge in [-0.15, -0.1) is 11.3 Å². The number of rotatable bonds is 3. The van der Waals surface area contributed by atoms with Crippen molar-refractivity contribution in [1.82, 2.24) is 15.2 Å². The van der Waals surface area contributed by atoms with E-state index in [4.69, 9.17) is 16.3 Å². The van der Waals surface area contributed by atoms with Crippen LogP contribution in [0.1, 0.15) is 32.1 Å². The molecule has 1 atom stereocenters. The highest BCUT2D eigenvalue weighted by Gasteiger charge is 2.39. The molecule has 0 radical (unpaired) electrons. The minimum Gasteiger partial charge on any atom is -0.444 e. The summed E-state index contributed by atoms with van der Waals surface area (Å²) in [4.78, 5) is 30.2. The van der Waals surface area contributed by atoms with Crippen LogP contribution in [0.4, 0.5) is 4.79 Å². The summed E-state index contributed by atoms with van der Waals surface area (Å²) in [5.74, 6) is -0.184. The number of hydrogen-bond acceptors (Lipinski definition) is 5. The summed E-state index contributed by atoms with van der Waals surface area (Å²) >= 11 is 7.04. The Morgan fingerprint density at radius 2 is 2.29 bits per heavy atom. The molecule has 6 nitrogen and oxygen atoms in total. The van der Waals surface area contributed by atoms with E-state index in [1.54, 1.807) is 27.0 Å². The topological polar surface area (TPSA) is 71.5 Å². The Balaban J connectivity index is 1.84. The van der Waals surface area contributed by atoms with Crippen LogP contribution in [-0.2, 0) is 16.1 Å². The molecule has 116 valence electrons. The molecule has 2 rings (SSSR count). The van der Waals surface area contributed by atoms with Gasteiger partial charge in [-0.1, -0.05) is 11.6 Å². The zero-order chi connectivity index (χ0) is 15.6. The summed E-state index contributed by atoms with van der Waals surface area (Å²) in [6, 6.07) is -0.455. The van der Waals surface area contributed by atoms with E-state index in [2.05, 4.69) is 10.3 Å². The quantitative estimate of drug-likeness (QED) is 0.923. The molecule has 8 heteroatoms. The average Bonchev–Trinajstić information content (AvgIpc) is 2.68. The Morgan fingerprint density at radius 3 is 2.76 bits per heavy atom. The molecule has 1 fully saturated rings. The number of halogens is 1. The highest BCUT2D eigenvalue weighted by atomic mass is 35.5. The Hall–Kier alpha value is -1.34. The van der Waals surface area contributed by atoms with Crippen LogP contribution in [0.15, 0.2) is 6.20 Å². The fourth-order valence-corrected chi connectivity index (χ4v) is 2.77. The van der Waals surface area contributed by atoms with Crippen LogP contribution in [0, 0.1) is 0 Å². The van der Waals surface area contributed by atoms with Gasteiger partial charge in [0.1, 0.15) is 11.6 Å². The van der Waals surface area contributed by atoms with Crippen LogP contribution in [0.3, 0.4) is 0 Å². The number of hydrogen-bond donors (Lipinski definition) is 1. The third-order valence-corrected chi connectivity index (χ3v) is 4.03. The predicted molar refractivity (Wildman–Crippen MR) is 80.3 cm³/mol. The highest BCUT2D eigenvalue weighted by molar-refractivity contribution is 7.15. The van der Waals surface area contributed by atoms with E-state index in [1.165, 1.54) is 16.2 Å². The molecule has 2 amide bonds. The molecule has 1 aliphatic rings. The highest BCUT2D eigenvalue weighted by Crippen LogP contribution is 2.22. The Kier molecular flexibility index (Phi) is 4.73. The van der Waals surface area contributed by atoms with E-state index in [0.29, 0.717) is 24.0 Å². The SMILES string of the molecule is CC(C)(C)OC(=O)N1CC[C@@H]1C(=O)NCc1cnc(Cl)s1. The monoisotopic (exact) mass is 331 g/mol. The van der Waals surface area contributed by atoms with Crippen LogP contribution < -0.4 is 5.32 Å². The lowest BCUT2D eigenvalue weighted by molar-refractivity contribution is -0.130. The Bertz CT molecular complexity index is 541. The molecule has 1 aromatic heterocycles. The summed E-state index contributed by atoms with van der Waals surface area (Å²) < 4.78 is 5.71. The smallest absolute Gasteiger partial charge is 0.410 e.